The van der Waals surface area contributed by atoms with Crippen LogP contribution in [-0.4, -0.2) is 28.7 Å². The summed E-state index contributed by atoms with van der Waals surface area (Å²) in [5.74, 6) is 1.40. The topological polar surface area (TPSA) is 58.7 Å². The number of likely N-dealkylation sites (tertiary alicyclic amines) is 1. The van der Waals surface area contributed by atoms with Gasteiger partial charge >= 0.3 is 0 Å². The van der Waals surface area contributed by atoms with Crippen molar-refractivity contribution in [1.29, 1.82) is 0 Å². The molecular formula is C18H27N3O2. The van der Waals surface area contributed by atoms with Crippen LogP contribution >= 0.6 is 0 Å². The first-order valence-corrected chi connectivity index (χ1v) is 8.28. The molecule has 0 atom stereocenters. The molecule has 0 spiro atoms. The quantitative estimate of drug-likeness (QED) is 0.351. The second-order valence-electron chi connectivity index (χ2n) is 7.54. The van der Waals surface area contributed by atoms with E-state index >= 15 is 0 Å². The number of rotatable bonds is 3. The van der Waals surface area contributed by atoms with Crippen LogP contribution < -0.4 is 0 Å². The molecule has 1 aliphatic rings. The average molecular weight is 317 g/mol. The minimum Gasteiger partial charge on any atom is -0.359 e. The van der Waals surface area contributed by atoms with Gasteiger partial charge in [0, 0.05) is 31.1 Å². The highest BCUT2D eigenvalue weighted by molar-refractivity contribution is 5.87. The molecule has 1 aromatic carbocycles. The summed E-state index contributed by atoms with van der Waals surface area (Å²) in [5.41, 5.74) is 2.08. The van der Waals surface area contributed by atoms with Gasteiger partial charge in [-0.15, -0.1) is 0 Å². The highest BCUT2D eigenvalue weighted by Crippen LogP contribution is 2.31. The van der Waals surface area contributed by atoms with Crippen molar-refractivity contribution in [3.8, 4) is 0 Å². The van der Waals surface area contributed by atoms with Crippen LogP contribution in [0.15, 0.2) is 23.2 Å². The van der Waals surface area contributed by atoms with Crippen molar-refractivity contribution in [2.45, 2.75) is 47.5 Å². The van der Waals surface area contributed by atoms with Crippen LogP contribution in [0.5, 0.6) is 0 Å². The van der Waals surface area contributed by atoms with Gasteiger partial charge in [0.1, 0.15) is 5.84 Å². The van der Waals surface area contributed by atoms with Crippen LogP contribution in [-0.2, 0) is 0 Å². The van der Waals surface area contributed by atoms with Crippen molar-refractivity contribution in [2.75, 3.05) is 13.1 Å². The number of hydrogen-bond donors (Lipinski definition) is 0. The summed E-state index contributed by atoms with van der Waals surface area (Å²) in [6.07, 6.45) is 2.42. The number of benzene rings is 1. The Bertz CT molecular complexity index is 621. The number of hydrogen-bond acceptors (Lipinski definition) is 3. The zero-order valence-electron chi connectivity index (χ0n) is 14.8. The molecule has 1 fully saturated rings. The van der Waals surface area contributed by atoms with Gasteiger partial charge in [0.15, 0.2) is 0 Å². The van der Waals surface area contributed by atoms with E-state index in [1.165, 1.54) is 18.9 Å². The summed E-state index contributed by atoms with van der Waals surface area (Å²) in [5, 5.41) is 10.9. The molecule has 0 N–H and O–H groups in total. The second-order valence-corrected chi connectivity index (χ2v) is 7.54. The summed E-state index contributed by atoms with van der Waals surface area (Å²) in [6.45, 7) is 12.8. The van der Waals surface area contributed by atoms with Crippen molar-refractivity contribution in [2.24, 2.45) is 16.3 Å². The predicted molar refractivity (Wildman–Crippen MR) is 94.4 cm³/mol. The normalized spacial score (nSPS) is 18.3. The zero-order chi connectivity index (χ0) is 17.2. The maximum atomic E-state index is 10.9. The average Bonchev–Trinajstić information content (AvgIpc) is 2.44. The molecule has 23 heavy (non-hydrogen) atoms. The van der Waals surface area contributed by atoms with Crippen molar-refractivity contribution in [3.05, 3.63) is 33.9 Å². The van der Waals surface area contributed by atoms with Gasteiger partial charge in [-0.05, 0) is 36.8 Å². The van der Waals surface area contributed by atoms with Gasteiger partial charge in [-0.25, -0.2) is 4.99 Å². The largest absolute Gasteiger partial charge is 0.359 e. The molecule has 0 saturated carbocycles. The smallest absolute Gasteiger partial charge is 0.269 e. The Hall–Kier alpha value is -1.91. The van der Waals surface area contributed by atoms with Crippen LogP contribution in [0, 0.1) is 28.4 Å². The third kappa shape index (κ3) is 4.30. The van der Waals surface area contributed by atoms with Gasteiger partial charge in [0.2, 0.25) is 0 Å². The SMILES string of the molecule is Cc1cc([N+](=O)[O-])ccc1N=C(C(C)C)N1CCCC(C)(C)C1. The highest BCUT2D eigenvalue weighted by atomic mass is 16.6. The Morgan fingerprint density at radius 1 is 1.39 bits per heavy atom. The van der Waals surface area contributed by atoms with E-state index in [-0.39, 0.29) is 10.6 Å². The van der Waals surface area contributed by atoms with E-state index in [1.807, 2.05) is 6.92 Å². The number of nitro benzene ring substituents is 1. The number of amidine groups is 1. The summed E-state index contributed by atoms with van der Waals surface area (Å²) in [4.78, 5) is 17.8. The van der Waals surface area contributed by atoms with E-state index in [2.05, 4.69) is 32.6 Å². The van der Waals surface area contributed by atoms with Crippen LogP contribution in [0.4, 0.5) is 11.4 Å². The zero-order valence-corrected chi connectivity index (χ0v) is 14.8. The molecule has 1 saturated heterocycles. The molecule has 1 aliphatic heterocycles. The summed E-state index contributed by atoms with van der Waals surface area (Å²) < 4.78 is 0. The van der Waals surface area contributed by atoms with E-state index in [4.69, 9.17) is 4.99 Å². The fourth-order valence-electron chi connectivity index (χ4n) is 3.19. The Kier molecular flexibility index (Phi) is 5.07. The van der Waals surface area contributed by atoms with Crippen LogP contribution in [0.2, 0.25) is 0 Å². The molecule has 1 aromatic rings. The molecule has 0 radical (unpaired) electrons. The third-order valence-electron chi connectivity index (χ3n) is 4.37. The van der Waals surface area contributed by atoms with Crippen LogP contribution in [0.25, 0.3) is 0 Å². The number of non-ortho nitro benzene ring substituents is 1. The predicted octanol–water partition coefficient (Wildman–Crippen LogP) is 4.71. The maximum Gasteiger partial charge on any atom is 0.269 e. The lowest BCUT2D eigenvalue weighted by Crippen LogP contribution is -2.45. The third-order valence-corrected chi connectivity index (χ3v) is 4.37. The maximum absolute atomic E-state index is 10.9. The van der Waals surface area contributed by atoms with Crippen molar-refractivity contribution in [3.63, 3.8) is 0 Å². The molecule has 2 rings (SSSR count). The van der Waals surface area contributed by atoms with E-state index in [0.717, 1.165) is 30.2 Å². The minimum atomic E-state index is -0.364. The second kappa shape index (κ2) is 6.69. The lowest BCUT2D eigenvalue weighted by molar-refractivity contribution is -0.384. The first-order valence-electron chi connectivity index (χ1n) is 8.28. The van der Waals surface area contributed by atoms with Crippen LogP contribution in [0.3, 0.4) is 0 Å². The molecular weight excluding hydrogens is 290 g/mol. The lowest BCUT2D eigenvalue weighted by atomic mass is 9.84. The number of nitrogens with zero attached hydrogens (tertiary/aromatic N) is 3. The first kappa shape index (κ1) is 17.4. The van der Waals surface area contributed by atoms with E-state index in [1.54, 1.807) is 12.1 Å². The van der Waals surface area contributed by atoms with Gasteiger partial charge in [-0.2, -0.15) is 0 Å². The molecule has 126 valence electrons. The summed E-state index contributed by atoms with van der Waals surface area (Å²) >= 11 is 0. The molecule has 1 heterocycles. The molecule has 0 bridgehead atoms. The molecule has 5 heteroatoms. The monoisotopic (exact) mass is 317 g/mol. The van der Waals surface area contributed by atoms with Crippen molar-refractivity contribution in [1.82, 2.24) is 4.90 Å². The molecule has 5 nitrogen and oxygen atoms in total. The van der Waals surface area contributed by atoms with E-state index in [0.29, 0.717) is 11.3 Å². The Labute approximate surface area is 138 Å². The summed E-state index contributed by atoms with van der Waals surface area (Å²) in [7, 11) is 0. The van der Waals surface area contributed by atoms with Gasteiger partial charge in [0.25, 0.3) is 5.69 Å². The van der Waals surface area contributed by atoms with Gasteiger partial charge < -0.3 is 4.90 Å². The van der Waals surface area contributed by atoms with Crippen molar-refractivity contribution >= 4 is 17.2 Å². The fraction of sp³-hybridized carbons (Fsp3) is 0.611. The van der Waals surface area contributed by atoms with Crippen LogP contribution in [0.1, 0.15) is 46.1 Å². The van der Waals surface area contributed by atoms with E-state index in [9.17, 15) is 10.1 Å². The van der Waals surface area contributed by atoms with Crippen molar-refractivity contribution < 1.29 is 4.92 Å². The van der Waals surface area contributed by atoms with E-state index < -0.39 is 0 Å². The fourth-order valence-corrected chi connectivity index (χ4v) is 3.19. The molecule has 0 aliphatic carbocycles. The highest BCUT2D eigenvalue weighted by Gasteiger charge is 2.29. The number of aryl methyl sites for hydroxylation is 1. The first-order chi connectivity index (χ1) is 10.7. The number of nitro groups is 1. The Balaban J connectivity index is 2.34. The Morgan fingerprint density at radius 3 is 2.61 bits per heavy atom. The Morgan fingerprint density at radius 2 is 2.09 bits per heavy atom. The van der Waals surface area contributed by atoms with Gasteiger partial charge in [-0.3, -0.25) is 10.1 Å². The molecule has 0 aromatic heterocycles. The number of piperidine rings is 1. The van der Waals surface area contributed by atoms with Gasteiger partial charge in [-0.1, -0.05) is 27.7 Å². The van der Waals surface area contributed by atoms with Gasteiger partial charge in [0.05, 0.1) is 10.6 Å². The minimum absolute atomic E-state index is 0.117. The molecule has 0 amide bonds. The standard InChI is InChI=1S/C18H27N3O2/c1-13(2)17(20-10-6-9-18(4,5)12-20)19-16-8-7-15(21(22)23)11-14(16)3/h7-8,11,13H,6,9-10,12H2,1-5H3. The number of aliphatic imine (C=N–C) groups is 1. The lowest BCUT2D eigenvalue weighted by Gasteiger charge is -2.40. The molecule has 0 unspecified atom stereocenters. The summed E-state index contributed by atoms with van der Waals surface area (Å²) in [6, 6.07) is 4.88.